The molecular formula is C27H44O6. The summed E-state index contributed by atoms with van der Waals surface area (Å²) in [6.07, 6.45) is 3.39. The molecule has 0 bridgehead atoms. The number of carbonyl (C=O) groups is 1. The molecule has 6 nitrogen and oxygen atoms in total. The number of fused-ring (bicyclic) bond motifs is 5. The Morgan fingerprint density at radius 3 is 2.39 bits per heavy atom. The van der Waals surface area contributed by atoms with Gasteiger partial charge in [-0.05, 0) is 93.1 Å². The van der Waals surface area contributed by atoms with E-state index in [1.165, 1.54) is 0 Å². The second-order valence-corrected chi connectivity index (χ2v) is 12.8. The third kappa shape index (κ3) is 3.58. The largest absolute Gasteiger partial charge is 0.390 e. The molecule has 0 aromatic rings. The van der Waals surface area contributed by atoms with Gasteiger partial charge in [0, 0.05) is 11.3 Å². The molecule has 0 spiro atoms. The molecule has 188 valence electrons. The van der Waals surface area contributed by atoms with Crippen molar-refractivity contribution >= 4 is 5.78 Å². The Labute approximate surface area is 198 Å². The fourth-order valence-corrected chi connectivity index (χ4v) is 8.32. The van der Waals surface area contributed by atoms with Gasteiger partial charge in [0.2, 0.25) is 0 Å². The fraction of sp³-hybridized carbons (Fsp3) is 0.889. The van der Waals surface area contributed by atoms with Crippen LogP contribution in [0.15, 0.2) is 11.6 Å². The molecule has 4 aliphatic carbocycles. The van der Waals surface area contributed by atoms with Crippen LogP contribution < -0.4 is 0 Å². The van der Waals surface area contributed by atoms with E-state index in [-0.39, 0.29) is 30.0 Å². The smallest absolute Gasteiger partial charge is 0.159 e. The summed E-state index contributed by atoms with van der Waals surface area (Å²) < 4.78 is 0. The van der Waals surface area contributed by atoms with E-state index in [4.69, 9.17) is 0 Å². The molecule has 10 atom stereocenters. The van der Waals surface area contributed by atoms with Crippen LogP contribution in [0, 0.1) is 34.5 Å². The summed E-state index contributed by atoms with van der Waals surface area (Å²) in [6.45, 7) is 9.96. The van der Waals surface area contributed by atoms with E-state index in [0.29, 0.717) is 38.0 Å². The highest BCUT2D eigenvalue weighted by atomic mass is 16.3. The quantitative estimate of drug-likeness (QED) is 0.427. The molecule has 0 amide bonds. The van der Waals surface area contributed by atoms with Gasteiger partial charge in [-0.1, -0.05) is 27.7 Å². The Hall–Kier alpha value is -0.790. The maximum absolute atomic E-state index is 13.2. The van der Waals surface area contributed by atoms with E-state index in [2.05, 4.69) is 13.8 Å². The first-order valence-electron chi connectivity index (χ1n) is 12.9. The van der Waals surface area contributed by atoms with Crippen molar-refractivity contribution in [1.29, 1.82) is 0 Å². The van der Waals surface area contributed by atoms with Crippen molar-refractivity contribution < 1.29 is 30.3 Å². The molecule has 0 saturated heterocycles. The zero-order valence-corrected chi connectivity index (χ0v) is 20.9. The van der Waals surface area contributed by atoms with E-state index in [9.17, 15) is 30.3 Å². The second-order valence-electron chi connectivity index (χ2n) is 12.8. The highest BCUT2D eigenvalue weighted by Gasteiger charge is 2.69. The normalized spacial score (nSPS) is 47.9. The Balaban J connectivity index is 1.68. The number of rotatable bonds is 5. The lowest BCUT2D eigenvalue weighted by atomic mass is 9.45. The van der Waals surface area contributed by atoms with Crippen molar-refractivity contribution in [2.24, 2.45) is 34.5 Å². The Bertz CT molecular complexity index is 819. The lowest BCUT2D eigenvalue weighted by Crippen LogP contribution is -2.62. The van der Waals surface area contributed by atoms with Crippen LogP contribution in [0.2, 0.25) is 0 Å². The molecule has 33 heavy (non-hydrogen) atoms. The summed E-state index contributed by atoms with van der Waals surface area (Å²) in [5.74, 6) is -0.331. The lowest BCUT2D eigenvalue weighted by molar-refractivity contribution is -0.176. The molecule has 0 aromatic heterocycles. The summed E-state index contributed by atoms with van der Waals surface area (Å²) in [5.41, 5.74) is -2.98. The van der Waals surface area contributed by atoms with E-state index in [0.717, 1.165) is 18.4 Å². The number of allylic oxidation sites excluding steroid dienone is 1. The third-order valence-corrected chi connectivity index (χ3v) is 10.5. The number of aliphatic hydroxyl groups excluding tert-OH is 3. The van der Waals surface area contributed by atoms with Gasteiger partial charge in [0.05, 0.1) is 29.5 Å². The van der Waals surface area contributed by atoms with E-state index >= 15 is 0 Å². The monoisotopic (exact) mass is 464 g/mol. The average Bonchev–Trinajstić information content (AvgIpc) is 3.00. The van der Waals surface area contributed by atoms with Gasteiger partial charge in [0.15, 0.2) is 5.78 Å². The summed E-state index contributed by atoms with van der Waals surface area (Å²) in [7, 11) is 0. The average molecular weight is 465 g/mol. The molecule has 0 radical (unpaired) electrons. The molecular weight excluding hydrogens is 420 g/mol. The van der Waals surface area contributed by atoms with Gasteiger partial charge in [0.25, 0.3) is 0 Å². The SMILES string of the molecule is CC(C)CC[C@@H](O)[C@](C)(O)C1CC[C@@]2(O)C3=CC(=O)[C@@H]4C[C@@H](O)[C@@H](O)C[C@]4(C)C3CC[C@]12C. The third-order valence-electron chi connectivity index (χ3n) is 10.5. The van der Waals surface area contributed by atoms with E-state index in [1.807, 2.05) is 13.8 Å². The van der Waals surface area contributed by atoms with Gasteiger partial charge >= 0.3 is 0 Å². The van der Waals surface area contributed by atoms with Crippen LogP contribution in [-0.4, -0.2) is 60.8 Å². The number of hydrogen-bond donors (Lipinski definition) is 5. The van der Waals surface area contributed by atoms with E-state index in [1.54, 1.807) is 13.0 Å². The lowest BCUT2D eigenvalue weighted by Gasteiger charge is -2.60. The van der Waals surface area contributed by atoms with Crippen molar-refractivity contribution in [2.45, 2.75) is 115 Å². The first-order chi connectivity index (χ1) is 15.2. The zero-order chi connectivity index (χ0) is 24.6. The van der Waals surface area contributed by atoms with Crippen molar-refractivity contribution in [1.82, 2.24) is 0 Å². The summed E-state index contributed by atoms with van der Waals surface area (Å²) >= 11 is 0. The minimum absolute atomic E-state index is 0.0463. The van der Waals surface area contributed by atoms with Gasteiger partial charge < -0.3 is 25.5 Å². The number of carbonyl (C=O) groups excluding carboxylic acids is 1. The maximum atomic E-state index is 13.2. The Morgan fingerprint density at radius 2 is 1.76 bits per heavy atom. The molecule has 6 heteroatoms. The van der Waals surface area contributed by atoms with Crippen LogP contribution in [0.1, 0.15) is 86.0 Å². The van der Waals surface area contributed by atoms with Crippen molar-refractivity contribution in [3.05, 3.63) is 11.6 Å². The topological polar surface area (TPSA) is 118 Å². The van der Waals surface area contributed by atoms with Crippen LogP contribution in [-0.2, 0) is 4.79 Å². The molecule has 5 N–H and O–H groups in total. The summed E-state index contributed by atoms with van der Waals surface area (Å²) in [6, 6.07) is 0. The molecule has 4 rings (SSSR count). The number of hydrogen-bond acceptors (Lipinski definition) is 6. The van der Waals surface area contributed by atoms with Crippen LogP contribution >= 0.6 is 0 Å². The van der Waals surface area contributed by atoms with Crippen molar-refractivity contribution in [3.8, 4) is 0 Å². The maximum Gasteiger partial charge on any atom is 0.159 e. The highest BCUT2D eigenvalue weighted by molar-refractivity contribution is 5.95. The number of ketones is 1. The summed E-state index contributed by atoms with van der Waals surface area (Å²) in [5, 5.41) is 55.4. The van der Waals surface area contributed by atoms with E-state index < -0.39 is 40.3 Å². The predicted molar refractivity (Wildman–Crippen MR) is 125 cm³/mol. The predicted octanol–water partition coefficient (Wildman–Crippen LogP) is 2.74. The molecule has 0 aromatic carbocycles. The summed E-state index contributed by atoms with van der Waals surface area (Å²) in [4.78, 5) is 13.2. The standard InChI is InChI=1S/C27H44O6/c1-15(2)6-7-23(31)26(5,32)22-9-11-27(33)17-12-19(28)18-13-20(29)21(30)14-24(18,3)16(17)8-10-25(22,27)4/h12,15-16,18,20-23,29-33H,6-11,13-14H2,1-5H3/t16?,18-,20+,21-,22?,23+,24+,25+,26+,27+/m0/s1. The van der Waals surface area contributed by atoms with Crippen molar-refractivity contribution in [2.75, 3.05) is 0 Å². The van der Waals surface area contributed by atoms with Gasteiger partial charge in [-0.3, -0.25) is 4.79 Å². The van der Waals surface area contributed by atoms with Crippen LogP contribution in [0.3, 0.4) is 0 Å². The van der Waals surface area contributed by atoms with Gasteiger partial charge in [-0.2, -0.15) is 0 Å². The first kappa shape index (κ1) is 25.3. The first-order valence-corrected chi connectivity index (χ1v) is 12.9. The molecule has 4 aliphatic rings. The molecule has 2 unspecified atom stereocenters. The van der Waals surface area contributed by atoms with Gasteiger partial charge in [-0.25, -0.2) is 0 Å². The molecule has 3 saturated carbocycles. The Kier molecular flexibility index (Phi) is 6.23. The Morgan fingerprint density at radius 1 is 1.09 bits per heavy atom. The van der Waals surface area contributed by atoms with Gasteiger partial charge in [-0.15, -0.1) is 0 Å². The van der Waals surface area contributed by atoms with Gasteiger partial charge in [0.1, 0.15) is 0 Å². The second kappa shape index (κ2) is 8.12. The molecule has 0 heterocycles. The van der Waals surface area contributed by atoms with Crippen LogP contribution in [0.5, 0.6) is 0 Å². The fourth-order valence-electron chi connectivity index (χ4n) is 8.32. The number of aliphatic hydroxyl groups is 5. The highest BCUT2D eigenvalue weighted by Crippen LogP contribution is 2.68. The van der Waals surface area contributed by atoms with Crippen LogP contribution in [0.4, 0.5) is 0 Å². The minimum atomic E-state index is -1.34. The molecule has 3 fully saturated rings. The van der Waals surface area contributed by atoms with Crippen LogP contribution in [0.25, 0.3) is 0 Å². The minimum Gasteiger partial charge on any atom is -0.390 e. The zero-order valence-electron chi connectivity index (χ0n) is 20.9. The van der Waals surface area contributed by atoms with Crippen molar-refractivity contribution in [3.63, 3.8) is 0 Å². The molecule has 0 aliphatic heterocycles.